The largest absolute Gasteiger partial charge is 0.305 e. The Bertz CT molecular complexity index is 273. The highest BCUT2D eigenvalue weighted by Gasteiger charge is 2.03. The van der Waals surface area contributed by atoms with Crippen LogP contribution in [-0.4, -0.2) is 19.0 Å². The minimum absolute atomic E-state index is 0.984. The van der Waals surface area contributed by atoms with Gasteiger partial charge in [-0.25, -0.2) is 0 Å². The smallest absolute Gasteiger partial charge is 0.0353 e. The van der Waals surface area contributed by atoms with Gasteiger partial charge >= 0.3 is 0 Å². The van der Waals surface area contributed by atoms with Crippen molar-refractivity contribution in [2.24, 2.45) is 0 Å². The number of hydrogen-bond donors (Lipinski definition) is 0. The van der Waals surface area contributed by atoms with E-state index in [0.717, 1.165) is 6.54 Å². The van der Waals surface area contributed by atoms with Crippen LogP contribution in [0.25, 0.3) is 0 Å². The summed E-state index contributed by atoms with van der Waals surface area (Å²) in [5, 5.41) is 0. The topological polar surface area (TPSA) is 3.24 Å². The molecule has 0 bridgehead atoms. The van der Waals surface area contributed by atoms with E-state index < -0.39 is 0 Å². The summed E-state index contributed by atoms with van der Waals surface area (Å²) in [6.07, 6.45) is 0. The van der Waals surface area contributed by atoms with Gasteiger partial charge in [-0.3, -0.25) is 0 Å². The van der Waals surface area contributed by atoms with Crippen molar-refractivity contribution in [2.45, 2.75) is 6.54 Å². The second-order valence-corrected chi connectivity index (χ2v) is 4.91. The normalized spacial score (nSPS) is 10.8. The van der Waals surface area contributed by atoms with Crippen molar-refractivity contribution in [1.82, 2.24) is 4.90 Å². The summed E-state index contributed by atoms with van der Waals surface area (Å²) < 4.78 is 2.49. The van der Waals surface area contributed by atoms with E-state index >= 15 is 0 Å². The van der Waals surface area contributed by atoms with Crippen LogP contribution >= 0.6 is 38.5 Å². The molecule has 12 heavy (non-hydrogen) atoms. The molecule has 0 aliphatic rings. The Hall–Kier alpha value is 0.390. The maximum atomic E-state index is 3.57. The molecule has 0 heterocycles. The predicted octanol–water partition coefficient (Wildman–Crippen LogP) is 3.12. The fourth-order valence-electron chi connectivity index (χ4n) is 1.01. The predicted molar refractivity (Wildman–Crippen MR) is 64.3 cm³/mol. The SMILES string of the molecule is CN(C)Cc1cccc(I)c1Br. The van der Waals surface area contributed by atoms with Crippen LogP contribution in [-0.2, 0) is 6.54 Å². The molecule has 0 radical (unpaired) electrons. The molecule has 0 saturated heterocycles. The van der Waals surface area contributed by atoms with E-state index in [-0.39, 0.29) is 0 Å². The van der Waals surface area contributed by atoms with Crippen molar-refractivity contribution >= 4 is 38.5 Å². The molecule has 0 unspecified atom stereocenters. The van der Waals surface area contributed by atoms with E-state index in [1.54, 1.807) is 0 Å². The first-order chi connectivity index (χ1) is 5.61. The lowest BCUT2D eigenvalue weighted by Gasteiger charge is -2.11. The Kier molecular flexibility index (Phi) is 3.99. The summed E-state index contributed by atoms with van der Waals surface area (Å²) in [5.41, 5.74) is 1.34. The summed E-state index contributed by atoms with van der Waals surface area (Å²) in [7, 11) is 4.15. The van der Waals surface area contributed by atoms with Crippen LogP contribution in [0.15, 0.2) is 22.7 Å². The molecule has 1 aromatic carbocycles. The summed E-state index contributed by atoms with van der Waals surface area (Å²) >= 11 is 5.91. The molecular weight excluding hydrogens is 329 g/mol. The van der Waals surface area contributed by atoms with Crippen molar-refractivity contribution in [3.63, 3.8) is 0 Å². The lowest BCUT2D eigenvalue weighted by Crippen LogP contribution is -2.11. The van der Waals surface area contributed by atoms with Crippen LogP contribution in [0.5, 0.6) is 0 Å². The van der Waals surface area contributed by atoms with Gasteiger partial charge in [-0.2, -0.15) is 0 Å². The van der Waals surface area contributed by atoms with E-state index in [4.69, 9.17) is 0 Å². The van der Waals surface area contributed by atoms with Gasteiger partial charge < -0.3 is 4.90 Å². The van der Waals surface area contributed by atoms with Crippen molar-refractivity contribution < 1.29 is 0 Å². The Balaban J connectivity index is 2.92. The van der Waals surface area contributed by atoms with Gasteiger partial charge in [-0.05, 0) is 64.2 Å². The zero-order valence-corrected chi connectivity index (χ0v) is 10.9. The lowest BCUT2D eigenvalue weighted by molar-refractivity contribution is 0.401. The molecule has 0 saturated carbocycles. The van der Waals surface area contributed by atoms with Gasteiger partial charge in [0.05, 0.1) is 0 Å². The maximum absolute atomic E-state index is 3.57. The molecule has 3 heteroatoms. The highest BCUT2D eigenvalue weighted by molar-refractivity contribution is 14.1. The first-order valence-corrected chi connectivity index (χ1v) is 5.56. The summed E-state index contributed by atoms with van der Waals surface area (Å²) in [5.74, 6) is 0. The number of rotatable bonds is 2. The van der Waals surface area contributed by atoms with Crippen LogP contribution in [0.2, 0.25) is 0 Å². The Morgan fingerprint density at radius 2 is 2.08 bits per heavy atom. The summed E-state index contributed by atoms with van der Waals surface area (Å²) in [6.45, 7) is 0.984. The van der Waals surface area contributed by atoms with Crippen molar-refractivity contribution in [3.05, 3.63) is 31.8 Å². The van der Waals surface area contributed by atoms with E-state index in [1.165, 1.54) is 13.6 Å². The summed E-state index contributed by atoms with van der Waals surface area (Å²) in [6, 6.07) is 6.33. The molecule has 0 aromatic heterocycles. The van der Waals surface area contributed by atoms with Gasteiger partial charge in [-0.15, -0.1) is 0 Å². The maximum Gasteiger partial charge on any atom is 0.0353 e. The van der Waals surface area contributed by atoms with Gasteiger partial charge in [0.1, 0.15) is 0 Å². The van der Waals surface area contributed by atoms with Crippen molar-refractivity contribution in [3.8, 4) is 0 Å². The Labute approximate surface area is 95.4 Å². The minimum atomic E-state index is 0.984. The van der Waals surface area contributed by atoms with Crippen LogP contribution in [0.3, 0.4) is 0 Å². The number of nitrogens with zero attached hydrogens (tertiary/aromatic N) is 1. The third-order valence-corrected chi connectivity index (χ3v) is 4.09. The molecule has 0 N–H and O–H groups in total. The third-order valence-electron chi connectivity index (χ3n) is 1.52. The second kappa shape index (κ2) is 4.58. The molecule has 1 rings (SSSR count). The van der Waals surface area contributed by atoms with Crippen LogP contribution in [0.1, 0.15) is 5.56 Å². The van der Waals surface area contributed by atoms with Crippen LogP contribution in [0.4, 0.5) is 0 Å². The average Bonchev–Trinajstić information content (AvgIpc) is 1.98. The highest BCUT2D eigenvalue weighted by atomic mass is 127. The first-order valence-electron chi connectivity index (χ1n) is 3.69. The monoisotopic (exact) mass is 339 g/mol. The van der Waals surface area contributed by atoms with Crippen LogP contribution in [0, 0.1) is 3.57 Å². The fraction of sp³-hybridized carbons (Fsp3) is 0.333. The molecule has 0 fully saturated rings. The first kappa shape index (κ1) is 10.5. The number of benzene rings is 1. The standard InChI is InChI=1S/C9H11BrIN/c1-12(2)6-7-4-3-5-8(11)9(7)10/h3-5H,6H2,1-2H3. The molecule has 0 amide bonds. The van der Waals surface area contributed by atoms with Gasteiger partial charge in [0, 0.05) is 14.6 Å². The van der Waals surface area contributed by atoms with Gasteiger partial charge in [0.15, 0.2) is 0 Å². The second-order valence-electron chi connectivity index (χ2n) is 2.95. The van der Waals surface area contributed by atoms with E-state index in [1.807, 2.05) is 0 Å². The fourth-order valence-corrected chi connectivity index (χ4v) is 1.95. The van der Waals surface area contributed by atoms with E-state index in [0.29, 0.717) is 0 Å². The minimum Gasteiger partial charge on any atom is -0.305 e. The van der Waals surface area contributed by atoms with Crippen molar-refractivity contribution in [2.75, 3.05) is 14.1 Å². The van der Waals surface area contributed by atoms with Gasteiger partial charge in [-0.1, -0.05) is 12.1 Å². The molecule has 1 aromatic rings. The zero-order chi connectivity index (χ0) is 9.14. The quantitative estimate of drug-likeness (QED) is 0.748. The van der Waals surface area contributed by atoms with E-state index in [2.05, 4.69) is 75.7 Å². The van der Waals surface area contributed by atoms with E-state index in [9.17, 15) is 0 Å². The molecular formula is C9H11BrIN. The lowest BCUT2D eigenvalue weighted by atomic mass is 10.2. The number of hydrogen-bond acceptors (Lipinski definition) is 1. The molecule has 0 aliphatic carbocycles. The van der Waals surface area contributed by atoms with Crippen LogP contribution < -0.4 is 0 Å². The summed E-state index contributed by atoms with van der Waals surface area (Å²) in [4.78, 5) is 2.16. The van der Waals surface area contributed by atoms with Gasteiger partial charge in [0.25, 0.3) is 0 Å². The van der Waals surface area contributed by atoms with Gasteiger partial charge in [0.2, 0.25) is 0 Å². The average molecular weight is 340 g/mol. The molecule has 1 nitrogen and oxygen atoms in total. The molecule has 0 aliphatic heterocycles. The van der Waals surface area contributed by atoms with Crippen molar-refractivity contribution in [1.29, 1.82) is 0 Å². The Morgan fingerprint density at radius 3 is 2.67 bits per heavy atom. The molecule has 0 atom stereocenters. The Morgan fingerprint density at radius 1 is 1.42 bits per heavy atom. The number of halogens is 2. The zero-order valence-electron chi connectivity index (χ0n) is 7.14. The molecule has 0 spiro atoms. The molecule has 66 valence electrons. The highest BCUT2D eigenvalue weighted by Crippen LogP contribution is 2.23. The third kappa shape index (κ3) is 2.71.